The Kier molecular flexibility index (Phi) is 4.68. The smallest absolute Gasteiger partial charge is 0.257 e. The highest BCUT2D eigenvalue weighted by Gasteiger charge is 2.11. The zero-order valence-electron chi connectivity index (χ0n) is 9.25. The lowest BCUT2D eigenvalue weighted by Gasteiger charge is -2.08. The number of halogens is 4. The second-order valence-corrected chi connectivity index (χ2v) is 5.63. The van der Waals surface area contributed by atoms with Crippen LogP contribution in [0.4, 0.5) is 5.69 Å². The summed E-state index contributed by atoms with van der Waals surface area (Å²) in [7, 11) is 0. The zero-order chi connectivity index (χ0) is 14.0. The topological polar surface area (TPSA) is 42.0 Å². The molecule has 0 spiro atoms. The van der Waals surface area contributed by atoms with Crippen LogP contribution in [0.3, 0.4) is 0 Å². The SMILES string of the molecule is O=C(Nc1cc(Cl)ccc1Br)c1cnc(Cl)c(Cl)c1. The van der Waals surface area contributed by atoms with Crippen molar-refractivity contribution in [2.24, 2.45) is 0 Å². The van der Waals surface area contributed by atoms with Gasteiger partial charge < -0.3 is 5.32 Å². The van der Waals surface area contributed by atoms with Crippen LogP contribution in [-0.4, -0.2) is 10.9 Å². The summed E-state index contributed by atoms with van der Waals surface area (Å²) in [5.74, 6) is -0.353. The third kappa shape index (κ3) is 3.60. The Hall–Kier alpha value is -0.810. The standard InChI is InChI=1S/C12H6BrCl3N2O/c13-8-2-1-7(14)4-10(8)18-12(19)6-3-9(15)11(16)17-5-6/h1-5H,(H,18,19). The Morgan fingerprint density at radius 3 is 2.63 bits per heavy atom. The van der Waals surface area contributed by atoms with E-state index in [1.54, 1.807) is 18.2 Å². The van der Waals surface area contributed by atoms with Crippen molar-refractivity contribution in [1.82, 2.24) is 4.98 Å². The minimum absolute atomic E-state index is 0.155. The molecule has 1 aromatic heterocycles. The van der Waals surface area contributed by atoms with E-state index in [9.17, 15) is 4.79 Å². The third-order valence-electron chi connectivity index (χ3n) is 2.24. The summed E-state index contributed by atoms with van der Waals surface area (Å²) < 4.78 is 0.721. The molecular formula is C12H6BrCl3N2O. The summed E-state index contributed by atoms with van der Waals surface area (Å²) in [5, 5.41) is 3.60. The molecule has 1 aromatic carbocycles. The highest BCUT2D eigenvalue weighted by molar-refractivity contribution is 9.10. The Bertz CT molecular complexity index is 649. The lowest BCUT2D eigenvalue weighted by Crippen LogP contribution is -2.12. The molecule has 0 saturated carbocycles. The van der Waals surface area contributed by atoms with E-state index in [4.69, 9.17) is 34.8 Å². The normalized spacial score (nSPS) is 10.3. The summed E-state index contributed by atoms with van der Waals surface area (Å²) >= 11 is 20.7. The Labute approximate surface area is 133 Å². The van der Waals surface area contributed by atoms with Crippen molar-refractivity contribution in [3.8, 4) is 0 Å². The van der Waals surface area contributed by atoms with E-state index in [0.717, 1.165) is 4.47 Å². The van der Waals surface area contributed by atoms with Crippen molar-refractivity contribution >= 4 is 62.3 Å². The van der Waals surface area contributed by atoms with Crippen molar-refractivity contribution in [2.75, 3.05) is 5.32 Å². The Morgan fingerprint density at radius 1 is 1.21 bits per heavy atom. The van der Waals surface area contributed by atoms with Gasteiger partial charge in [0.25, 0.3) is 5.91 Å². The fourth-order valence-electron chi connectivity index (χ4n) is 1.33. The molecule has 1 amide bonds. The average molecular weight is 380 g/mol. The van der Waals surface area contributed by atoms with Gasteiger partial charge in [-0.2, -0.15) is 0 Å². The second kappa shape index (κ2) is 6.09. The molecule has 0 fully saturated rings. The number of anilines is 1. The molecule has 2 aromatic rings. The van der Waals surface area contributed by atoms with Gasteiger partial charge in [0.15, 0.2) is 0 Å². The van der Waals surface area contributed by atoms with E-state index >= 15 is 0 Å². The average Bonchev–Trinajstić information content (AvgIpc) is 2.37. The highest BCUT2D eigenvalue weighted by Crippen LogP contribution is 2.27. The van der Waals surface area contributed by atoms with Gasteiger partial charge in [-0.25, -0.2) is 4.98 Å². The lowest BCUT2D eigenvalue weighted by atomic mass is 10.2. The van der Waals surface area contributed by atoms with Crippen LogP contribution < -0.4 is 5.32 Å². The number of carbonyl (C=O) groups excluding carboxylic acids is 1. The zero-order valence-corrected chi connectivity index (χ0v) is 13.1. The van der Waals surface area contributed by atoms with Crippen LogP contribution in [0, 0.1) is 0 Å². The van der Waals surface area contributed by atoms with E-state index in [0.29, 0.717) is 16.3 Å². The van der Waals surface area contributed by atoms with Gasteiger partial charge in [0.1, 0.15) is 5.15 Å². The first-order valence-corrected chi connectivity index (χ1v) is 6.97. The number of hydrogen-bond acceptors (Lipinski definition) is 2. The molecule has 0 saturated heterocycles. The predicted octanol–water partition coefficient (Wildman–Crippen LogP) is 5.06. The molecule has 0 atom stereocenters. The summed E-state index contributed by atoms with van der Waals surface area (Å²) in [6.07, 6.45) is 1.35. The minimum atomic E-state index is -0.353. The van der Waals surface area contributed by atoms with Gasteiger partial charge in [0, 0.05) is 15.7 Å². The van der Waals surface area contributed by atoms with E-state index in [2.05, 4.69) is 26.2 Å². The molecule has 19 heavy (non-hydrogen) atoms. The fourth-order valence-corrected chi connectivity index (χ4v) is 2.12. The number of rotatable bonds is 2. The van der Waals surface area contributed by atoms with Gasteiger partial charge >= 0.3 is 0 Å². The van der Waals surface area contributed by atoms with Crippen LogP contribution in [0.25, 0.3) is 0 Å². The fraction of sp³-hybridized carbons (Fsp3) is 0. The summed E-state index contributed by atoms with van der Waals surface area (Å²) in [6, 6.07) is 6.53. The van der Waals surface area contributed by atoms with Crippen LogP contribution in [0.1, 0.15) is 10.4 Å². The molecule has 0 aliphatic rings. The number of aromatic nitrogens is 1. The maximum atomic E-state index is 12.0. The summed E-state index contributed by atoms with van der Waals surface area (Å²) in [4.78, 5) is 15.8. The maximum Gasteiger partial charge on any atom is 0.257 e. The van der Waals surface area contributed by atoms with Gasteiger partial charge in [0.2, 0.25) is 0 Å². The molecule has 0 radical (unpaired) electrons. The van der Waals surface area contributed by atoms with Crippen molar-refractivity contribution in [1.29, 1.82) is 0 Å². The maximum absolute atomic E-state index is 12.0. The van der Waals surface area contributed by atoms with Crippen LogP contribution >= 0.6 is 50.7 Å². The highest BCUT2D eigenvalue weighted by atomic mass is 79.9. The van der Waals surface area contributed by atoms with Gasteiger partial charge in [-0.05, 0) is 40.2 Å². The largest absolute Gasteiger partial charge is 0.321 e. The van der Waals surface area contributed by atoms with Gasteiger partial charge in [0.05, 0.1) is 16.3 Å². The van der Waals surface area contributed by atoms with Gasteiger partial charge in [-0.3, -0.25) is 4.79 Å². The Morgan fingerprint density at radius 2 is 1.95 bits per heavy atom. The van der Waals surface area contributed by atoms with Crippen LogP contribution in [0.15, 0.2) is 34.9 Å². The van der Waals surface area contributed by atoms with Crippen molar-refractivity contribution in [3.05, 3.63) is 55.7 Å². The molecule has 0 bridgehead atoms. The molecule has 1 N–H and O–H groups in total. The van der Waals surface area contributed by atoms with Crippen molar-refractivity contribution < 1.29 is 4.79 Å². The van der Waals surface area contributed by atoms with E-state index in [1.165, 1.54) is 12.3 Å². The van der Waals surface area contributed by atoms with Crippen LogP contribution in [0.2, 0.25) is 15.2 Å². The number of nitrogens with one attached hydrogen (secondary N) is 1. The van der Waals surface area contributed by atoms with Crippen molar-refractivity contribution in [3.63, 3.8) is 0 Å². The van der Waals surface area contributed by atoms with Gasteiger partial charge in [-0.1, -0.05) is 34.8 Å². The molecule has 0 aliphatic heterocycles. The number of amides is 1. The van der Waals surface area contributed by atoms with Crippen molar-refractivity contribution in [2.45, 2.75) is 0 Å². The molecule has 7 heteroatoms. The number of pyridine rings is 1. The third-order valence-corrected chi connectivity index (χ3v) is 3.85. The molecule has 0 unspecified atom stereocenters. The summed E-state index contributed by atoms with van der Waals surface area (Å²) in [6.45, 7) is 0. The number of nitrogens with zero attached hydrogens (tertiary/aromatic N) is 1. The number of carbonyl (C=O) groups is 1. The molecule has 98 valence electrons. The van der Waals surface area contributed by atoms with E-state index in [-0.39, 0.29) is 16.1 Å². The van der Waals surface area contributed by atoms with Crippen LogP contribution in [0.5, 0.6) is 0 Å². The first-order valence-electron chi connectivity index (χ1n) is 5.05. The van der Waals surface area contributed by atoms with Crippen LogP contribution in [-0.2, 0) is 0 Å². The minimum Gasteiger partial charge on any atom is -0.321 e. The summed E-state index contributed by atoms with van der Waals surface area (Å²) in [5.41, 5.74) is 0.866. The first kappa shape index (κ1) is 14.6. The molecule has 3 nitrogen and oxygen atoms in total. The Balaban J connectivity index is 2.25. The van der Waals surface area contributed by atoms with Gasteiger partial charge in [-0.15, -0.1) is 0 Å². The first-order chi connectivity index (χ1) is 8.97. The predicted molar refractivity (Wildman–Crippen MR) is 81.4 cm³/mol. The number of hydrogen-bond donors (Lipinski definition) is 1. The van der Waals surface area contributed by atoms with E-state index < -0.39 is 0 Å². The second-order valence-electron chi connectivity index (χ2n) is 3.57. The molecule has 0 aliphatic carbocycles. The number of benzene rings is 1. The quantitative estimate of drug-likeness (QED) is 0.740. The lowest BCUT2D eigenvalue weighted by molar-refractivity contribution is 0.102. The molecule has 1 heterocycles. The molecule has 2 rings (SSSR count). The van der Waals surface area contributed by atoms with E-state index in [1.807, 2.05) is 0 Å². The monoisotopic (exact) mass is 378 g/mol. The molecular weight excluding hydrogens is 374 g/mol.